The second-order valence-electron chi connectivity index (χ2n) is 6.13. The van der Waals surface area contributed by atoms with Crippen molar-refractivity contribution in [2.45, 2.75) is 20.3 Å². The van der Waals surface area contributed by atoms with Gasteiger partial charge in [-0.3, -0.25) is 9.59 Å². The van der Waals surface area contributed by atoms with Gasteiger partial charge in [0.15, 0.2) is 0 Å². The van der Waals surface area contributed by atoms with E-state index in [2.05, 4.69) is 16.0 Å². The third-order valence-corrected chi connectivity index (χ3v) is 3.34. The minimum absolute atomic E-state index is 0.0191. The molecule has 0 radical (unpaired) electrons. The third-order valence-electron chi connectivity index (χ3n) is 3.34. The molecule has 6 heteroatoms. The normalized spacial score (nSPS) is 10.4. The van der Waals surface area contributed by atoms with Gasteiger partial charge in [-0.15, -0.1) is 0 Å². The Morgan fingerprint density at radius 1 is 0.840 bits per heavy atom. The van der Waals surface area contributed by atoms with E-state index in [9.17, 15) is 14.0 Å². The molecule has 0 aromatic heterocycles. The summed E-state index contributed by atoms with van der Waals surface area (Å²) in [5.74, 6) is -0.299. The number of carbonyl (C=O) groups is 2. The highest BCUT2D eigenvalue weighted by Gasteiger charge is 2.06. The van der Waals surface area contributed by atoms with Crippen molar-refractivity contribution in [3.8, 4) is 0 Å². The van der Waals surface area contributed by atoms with Gasteiger partial charge in [-0.1, -0.05) is 13.8 Å². The summed E-state index contributed by atoms with van der Waals surface area (Å²) in [5, 5.41) is 8.49. The van der Waals surface area contributed by atoms with E-state index in [4.69, 9.17) is 0 Å². The van der Waals surface area contributed by atoms with Crippen molar-refractivity contribution in [3.63, 3.8) is 0 Å². The fourth-order valence-electron chi connectivity index (χ4n) is 2.17. The number of benzene rings is 2. The monoisotopic (exact) mass is 343 g/mol. The predicted molar refractivity (Wildman–Crippen MR) is 98.0 cm³/mol. The molecule has 2 rings (SSSR count). The molecule has 0 saturated carbocycles. The molecule has 0 bridgehead atoms. The summed E-state index contributed by atoms with van der Waals surface area (Å²) in [7, 11) is 0. The molecule has 0 atom stereocenters. The van der Waals surface area contributed by atoms with E-state index in [0.717, 1.165) is 5.69 Å². The maximum absolute atomic E-state index is 12.8. The summed E-state index contributed by atoms with van der Waals surface area (Å²) in [6.07, 6.45) is 0.476. The van der Waals surface area contributed by atoms with Crippen LogP contribution in [0, 0.1) is 11.7 Å². The van der Waals surface area contributed by atoms with Gasteiger partial charge in [0, 0.05) is 23.5 Å². The predicted octanol–water partition coefficient (Wildman–Crippen LogP) is 3.86. The van der Waals surface area contributed by atoms with Gasteiger partial charge < -0.3 is 16.0 Å². The number of nitrogens with one attached hydrogen (secondary N) is 3. The van der Waals surface area contributed by atoms with Crippen LogP contribution in [0.4, 0.5) is 21.5 Å². The molecule has 0 aliphatic carbocycles. The van der Waals surface area contributed by atoms with Crippen LogP contribution in [-0.2, 0) is 9.59 Å². The van der Waals surface area contributed by atoms with E-state index >= 15 is 0 Å². The molecular formula is C19H22FN3O2. The van der Waals surface area contributed by atoms with Crippen molar-refractivity contribution in [2.24, 2.45) is 5.92 Å². The lowest BCUT2D eigenvalue weighted by Crippen LogP contribution is -2.21. The van der Waals surface area contributed by atoms with Crippen molar-refractivity contribution in [1.82, 2.24) is 0 Å². The fourth-order valence-corrected chi connectivity index (χ4v) is 2.17. The number of carbonyl (C=O) groups excluding carboxylic acids is 2. The lowest BCUT2D eigenvalue weighted by atomic mass is 10.1. The van der Waals surface area contributed by atoms with Gasteiger partial charge in [0.05, 0.1) is 6.54 Å². The lowest BCUT2D eigenvalue weighted by molar-refractivity contribution is -0.117. The highest BCUT2D eigenvalue weighted by Crippen LogP contribution is 2.14. The molecule has 0 spiro atoms. The summed E-state index contributed by atoms with van der Waals surface area (Å²) in [6, 6.07) is 12.7. The molecule has 0 heterocycles. The van der Waals surface area contributed by atoms with Crippen LogP contribution in [-0.4, -0.2) is 18.4 Å². The molecule has 0 saturated heterocycles. The Morgan fingerprint density at radius 3 is 1.88 bits per heavy atom. The maximum atomic E-state index is 12.8. The first kappa shape index (κ1) is 18.4. The van der Waals surface area contributed by atoms with Crippen LogP contribution in [0.2, 0.25) is 0 Å². The summed E-state index contributed by atoms with van der Waals surface area (Å²) in [4.78, 5) is 23.6. The average Bonchev–Trinajstić information content (AvgIpc) is 2.55. The molecule has 0 aliphatic heterocycles. The molecule has 2 aromatic carbocycles. The Labute approximate surface area is 146 Å². The van der Waals surface area contributed by atoms with Crippen molar-refractivity contribution in [2.75, 3.05) is 22.5 Å². The Bertz CT molecular complexity index is 712. The first-order valence-electron chi connectivity index (χ1n) is 8.11. The number of rotatable bonds is 7. The number of halogens is 1. The maximum Gasteiger partial charge on any atom is 0.243 e. The molecule has 0 fully saturated rings. The zero-order valence-electron chi connectivity index (χ0n) is 14.3. The van der Waals surface area contributed by atoms with Crippen LogP contribution in [0.25, 0.3) is 0 Å². The van der Waals surface area contributed by atoms with Crippen molar-refractivity contribution in [3.05, 3.63) is 54.3 Å². The van der Waals surface area contributed by atoms with Gasteiger partial charge in [0.2, 0.25) is 11.8 Å². The van der Waals surface area contributed by atoms with Crippen LogP contribution in [0.1, 0.15) is 20.3 Å². The second-order valence-corrected chi connectivity index (χ2v) is 6.13. The molecule has 132 valence electrons. The third kappa shape index (κ3) is 6.63. The van der Waals surface area contributed by atoms with Gasteiger partial charge >= 0.3 is 0 Å². The summed E-state index contributed by atoms with van der Waals surface area (Å²) in [5.41, 5.74) is 2.01. The first-order valence-corrected chi connectivity index (χ1v) is 8.11. The zero-order chi connectivity index (χ0) is 18.2. The van der Waals surface area contributed by atoms with Gasteiger partial charge in [-0.25, -0.2) is 4.39 Å². The molecule has 25 heavy (non-hydrogen) atoms. The topological polar surface area (TPSA) is 70.2 Å². The molecule has 2 aromatic rings. The van der Waals surface area contributed by atoms with E-state index < -0.39 is 0 Å². The fraction of sp³-hybridized carbons (Fsp3) is 0.263. The van der Waals surface area contributed by atoms with E-state index in [1.54, 1.807) is 24.3 Å². The van der Waals surface area contributed by atoms with Crippen LogP contribution in [0.15, 0.2) is 48.5 Å². The zero-order valence-corrected chi connectivity index (χ0v) is 14.3. The van der Waals surface area contributed by atoms with Crippen LogP contribution in [0.3, 0.4) is 0 Å². The number of anilines is 3. The Balaban J connectivity index is 1.79. The first-order chi connectivity index (χ1) is 11.9. The number of hydrogen-bond donors (Lipinski definition) is 3. The Hall–Kier alpha value is -2.89. The quantitative estimate of drug-likeness (QED) is 0.715. The highest BCUT2D eigenvalue weighted by atomic mass is 19.1. The highest BCUT2D eigenvalue weighted by molar-refractivity contribution is 5.94. The van der Waals surface area contributed by atoms with Crippen molar-refractivity contribution >= 4 is 28.9 Å². The molecule has 2 amide bonds. The van der Waals surface area contributed by atoms with E-state index in [0.29, 0.717) is 23.7 Å². The molecular weight excluding hydrogens is 321 g/mol. The second kappa shape index (κ2) is 8.82. The van der Waals surface area contributed by atoms with Crippen LogP contribution < -0.4 is 16.0 Å². The number of amides is 2. The Kier molecular flexibility index (Phi) is 6.51. The van der Waals surface area contributed by atoms with Gasteiger partial charge in [-0.05, 0) is 54.4 Å². The summed E-state index contributed by atoms with van der Waals surface area (Å²) < 4.78 is 12.8. The van der Waals surface area contributed by atoms with E-state index in [1.165, 1.54) is 24.3 Å². The SMILES string of the molecule is CC(C)CC(=O)Nc1ccc(NCC(=O)Nc2ccc(F)cc2)cc1. The minimum atomic E-state index is -0.350. The van der Waals surface area contributed by atoms with Gasteiger partial charge in [0.25, 0.3) is 0 Å². The minimum Gasteiger partial charge on any atom is -0.376 e. The molecule has 0 aliphatic rings. The summed E-state index contributed by atoms with van der Waals surface area (Å²) >= 11 is 0. The number of hydrogen-bond acceptors (Lipinski definition) is 3. The van der Waals surface area contributed by atoms with E-state index in [-0.39, 0.29) is 24.2 Å². The van der Waals surface area contributed by atoms with Crippen LogP contribution >= 0.6 is 0 Å². The smallest absolute Gasteiger partial charge is 0.243 e. The van der Waals surface area contributed by atoms with Gasteiger partial charge in [0.1, 0.15) is 5.82 Å². The average molecular weight is 343 g/mol. The lowest BCUT2D eigenvalue weighted by Gasteiger charge is -2.10. The van der Waals surface area contributed by atoms with Crippen molar-refractivity contribution < 1.29 is 14.0 Å². The molecule has 3 N–H and O–H groups in total. The van der Waals surface area contributed by atoms with Gasteiger partial charge in [-0.2, -0.15) is 0 Å². The van der Waals surface area contributed by atoms with Crippen LogP contribution in [0.5, 0.6) is 0 Å². The van der Waals surface area contributed by atoms with E-state index in [1.807, 2.05) is 13.8 Å². The molecule has 0 unspecified atom stereocenters. The largest absolute Gasteiger partial charge is 0.376 e. The Morgan fingerprint density at radius 2 is 1.32 bits per heavy atom. The summed E-state index contributed by atoms with van der Waals surface area (Å²) in [6.45, 7) is 4.06. The molecule has 5 nitrogen and oxygen atoms in total. The standard InChI is InChI=1S/C19H22FN3O2/c1-13(2)11-18(24)22-17-9-7-15(8-10-17)21-12-19(25)23-16-5-3-14(20)4-6-16/h3-10,13,21H,11-12H2,1-2H3,(H,22,24)(H,23,25). The van der Waals surface area contributed by atoms with Crippen molar-refractivity contribution in [1.29, 1.82) is 0 Å².